The molecule has 2 fully saturated rings. The Hall–Kier alpha value is -1.01. The first-order valence-corrected chi connectivity index (χ1v) is 9.86. The van der Waals surface area contributed by atoms with Crippen LogP contribution in [-0.4, -0.2) is 67.2 Å². The molecule has 3 unspecified atom stereocenters. The van der Waals surface area contributed by atoms with E-state index >= 15 is 0 Å². The fourth-order valence-electron chi connectivity index (χ4n) is 4.07. The van der Waals surface area contributed by atoms with Crippen LogP contribution < -0.4 is 4.74 Å². The van der Waals surface area contributed by atoms with Crippen LogP contribution in [0.1, 0.15) is 37.0 Å². The summed E-state index contributed by atoms with van der Waals surface area (Å²) in [5.41, 5.74) is 0.511. The lowest BCUT2D eigenvalue weighted by Crippen LogP contribution is -2.50. The van der Waals surface area contributed by atoms with E-state index in [1.807, 2.05) is 4.90 Å². The van der Waals surface area contributed by atoms with E-state index in [1.165, 1.54) is 7.11 Å². The van der Waals surface area contributed by atoms with Crippen molar-refractivity contribution < 1.29 is 14.3 Å². The molecular weight excluding hydrogens is 375 g/mol. The highest BCUT2D eigenvalue weighted by Crippen LogP contribution is 2.35. The Morgan fingerprint density at radius 1 is 1.23 bits per heavy atom. The van der Waals surface area contributed by atoms with Crippen molar-refractivity contribution in [2.24, 2.45) is 0 Å². The Morgan fingerprint density at radius 2 is 1.85 bits per heavy atom. The molecule has 0 aromatic heterocycles. The van der Waals surface area contributed by atoms with Crippen LogP contribution in [0.4, 0.5) is 0 Å². The van der Waals surface area contributed by atoms with Gasteiger partial charge in [0.15, 0.2) is 5.75 Å². The molecule has 0 aliphatic carbocycles. The largest absolute Gasteiger partial charge is 0.494 e. The summed E-state index contributed by atoms with van der Waals surface area (Å²) in [6.45, 7) is 7.65. The third kappa shape index (κ3) is 4.28. The molecule has 26 heavy (non-hydrogen) atoms. The van der Waals surface area contributed by atoms with Crippen LogP contribution in [0, 0.1) is 0 Å². The van der Waals surface area contributed by atoms with E-state index in [9.17, 15) is 4.79 Å². The lowest BCUT2D eigenvalue weighted by atomic mass is 10.1. The van der Waals surface area contributed by atoms with Crippen LogP contribution in [0.15, 0.2) is 12.1 Å². The molecule has 1 aromatic carbocycles. The second-order valence-electron chi connectivity index (χ2n) is 7.24. The van der Waals surface area contributed by atoms with Crippen LogP contribution in [0.25, 0.3) is 0 Å². The lowest BCUT2D eigenvalue weighted by molar-refractivity contribution is -0.0715. The molecule has 144 valence electrons. The zero-order chi connectivity index (χ0) is 18.8. The van der Waals surface area contributed by atoms with E-state index in [4.69, 9.17) is 32.7 Å². The van der Waals surface area contributed by atoms with Gasteiger partial charge in [-0.25, -0.2) is 0 Å². The monoisotopic (exact) mass is 400 g/mol. The van der Waals surface area contributed by atoms with Gasteiger partial charge in [0, 0.05) is 37.8 Å². The third-order valence-corrected chi connectivity index (χ3v) is 5.61. The Bertz CT molecular complexity index is 637. The molecule has 5 nitrogen and oxygen atoms in total. The summed E-state index contributed by atoms with van der Waals surface area (Å²) in [5.74, 6) is 0.382. The molecule has 0 bridgehead atoms. The van der Waals surface area contributed by atoms with Gasteiger partial charge in [0.1, 0.15) is 0 Å². The van der Waals surface area contributed by atoms with Crippen LogP contribution in [-0.2, 0) is 4.74 Å². The fourth-order valence-corrected chi connectivity index (χ4v) is 4.71. The number of benzene rings is 1. The number of amides is 1. The first kappa shape index (κ1) is 19.7. The summed E-state index contributed by atoms with van der Waals surface area (Å²) in [6, 6.07) is 3.49. The first-order chi connectivity index (χ1) is 12.4. The number of methoxy groups -OCH3 is 1. The van der Waals surface area contributed by atoms with E-state index in [0.29, 0.717) is 21.4 Å². The maximum atomic E-state index is 13.1. The SMILES string of the molecule is COc1c(Cl)cc(C(=O)N2CCCC2CN2CC(C)OC(C)C2)cc1Cl. The van der Waals surface area contributed by atoms with Gasteiger partial charge in [-0.15, -0.1) is 0 Å². The quantitative estimate of drug-likeness (QED) is 0.772. The second kappa shape index (κ2) is 8.34. The zero-order valence-electron chi connectivity index (χ0n) is 15.5. The number of ether oxygens (including phenoxy) is 2. The van der Waals surface area contributed by atoms with E-state index in [0.717, 1.165) is 39.0 Å². The highest BCUT2D eigenvalue weighted by molar-refractivity contribution is 6.37. The van der Waals surface area contributed by atoms with Gasteiger partial charge in [-0.2, -0.15) is 0 Å². The van der Waals surface area contributed by atoms with Crippen molar-refractivity contribution in [2.75, 3.05) is 33.3 Å². The molecule has 2 aliphatic rings. The van der Waals surface area contributed by atoms with Crippen molar-refractivity contribution in [3.63, 3.8) is 0 Å². The summed E-state index contributed by atoms with van der Waals surface area (Å²) < 4.78 is 11.0. The molecule has 0 N–H and O–H groups in total. The molecule has 2 saturated heterocycles. The summed E-state index contributed by atoms with van der Waals surface area (Å²) >= 11 is 12.4. The molecule has 0 spiro atoms. The summed E-state index contributed by atoms with van der Waals surface area (Å²) in [4.78, 5) is 17.4. The summed E-state index contributed by atoms with van der Waals surface area (Å²) in [7, 11) is 1.51. The van der Waals surface area contributed by atoms with Gasteiger partial charge in [0.05, 0.1) is 29.4 Å². The first-order valence-electron chi connectivity index (χ1n) is 9.10. The van der Waals surface area contributed by atoms with Crippen molar-refractivity contribution in [2.45, 2.75) is 44.9 Å². The van der Waals surface area contributed by atoms with Gasteiger partial charge in [0.2, 0.25) is 0 Å². The minimum atomic E-state index is -0.0201. The van der Waals surface area contributed by atoms with E-state index in [1.54, 1.807) is 12.1 Å². The summed E-state index contributed by atoms with van der Waals surface area (Å²) in [5, 5.41) is 0.713. The molecule has 1 aromatic rings. The number of hydrogen-bond acceptors (Lipinski definition) is 4. The second-order valence-corrected chi connectivity index (χ2v) is 8.06. The topological polar surface area (TPSA) is 42.0 Å². The van der Waals surface area contributed by atoms with Crippen LogP contribution in [0.5, 0.6) is 5.75 Å². The smallest absolute Gasteiger partial charge is 0.254 e. The highest BCUT2D eigenvalue weighted by Gasteiger charge is 2.33. The zero-order valence-corrected chi connectivity index (χ0v) is 17.0. The van der Waals surface area contributed by atoms with Crippen LogP contribution >= 0.6 is 23.2 Å². The van der Waals surface area contributed by atoms with Crippen molar-refractivity contribution >= 4 is 29.1 Å². The maximum Gasteiger partial charge on any atom is 0.254 e. The number of likely N-dealkylation sites (tertiary alicyclic amines) is 1. The van der Waals surface area contributed by atoms with Gasteiger partial charge in [0.25, 0.3) is 5.91 Å². The molecular formula is C19H26Cl2N2O3. The number of carbonyl (C=O) groups excluding carboxylic acids is 1. The minimum absolute atomic E-state index is 0.0201. The molecule has 7 heteroatoms. The standard InChI is InChI=1S/C19H26Cl2N2O3/c1-12-9-22(10-13(2)26-12)11-15-5-4-6-23(15)19(24)14-7-16(20)18(25-3)17(21)8-14/h7-8,12-13,15H,4-6,9-11H2,1-3H3. The van der Waals surface area contributed by atoms with Crippen molar-refractivity contribution in [1.82, 2.24) is 9.80 Å². The van der Waals surface area contributed by atoms with Gasteiger partial charge >= 0.3 is 0 Å². The Kier molecular flexibility index (Phi) is 6.33. The van der Waals surface area contributed by atoms with Crippen molar-refractivity contribution in [1.29, 1.82) is 0 Å². The predicted molar refractivity (Wildman–Crippen MR) is 104 cm³/mol. The number of rotatable bonds is 4. The Labute approximate surface area is 165 Å². The predicted octanol–water partition coefficient (Wildman–Crippen LogP) is 3.72. The minimum Gasteiger partial charge on any atom is -0.494 e. The molecule has 3 rings (SSSR count). The van der Waals surface area contributed by atoms with Crippen molar-refractivity contribution in [3.8, 4) is 5.75 Å². The molecule has 3 atom stereocenters. The maximum absolute atomic E-state index is 13.1. The lowest BCUT2D eigenvalue weighted by Gasteiger charge is -2.38. The fraction of sp³-hybridized carbons (Fsp3) is 0.632. The molecule has 1 amide bonds. The van der Waals surface area contributed by atoms with E-state index < -0.39 is 0 Å². The Balaban J connectivity index is 1.72. The highest BCUT2D eigenvalue weighted by atomic mass is 35.5. The number of hydrogen-bond donors (Lipinski definition) is 0. The number of carbonyl (C=O) groups is 1. The number of morpholine rings is 1. The normalized spacial score (nSPS) is 27.0. The van der Waals surface area contributed by atoms with Crippen LogP contribution in [0.3, 0.4) is 0 Å². The van der Waals surface area contributed by atoms with E-state index in [2.05, 4.69) is 18.7 Å². The number of halogens is 2. The van der Waals surface area contributed by atoms with Gasteiger partial charge in [-0.3, -0.25) is 9.69 Å². The third-order valence-electron chi connectivity index (χ3n) is 5.05. The Morgan fingerprint density at radius 3 is 2.42 bits per heavy atom. The molecule has 2 aliphatic heterocycles. The summed E-state index contributed by atoms with van der Waals surface area (Å²) in [6.07, 6.45) is 2.49. The number of nitrogens with zero attached hydrogens (tertiary/aromatic N) is 2. The average molecular weight is 401 g/mol. The van der Waals surface area contributed by atoms with Crippen molar-refractivity contribution in [3.05, 3.63) is 27.7 Å². The average Bonchev–Trinajstić information content (AvgIpc) is 3.00. The molecule has 0 radical (unpaired) electrons. The van der Waals surface area contributed by atoms with Crippen LogP contribution in [0.2, 0.25) is 10.0 Å². The van der Waals surface area contributed by atoms with E-state index in [-0.39, 0.29) is 24.2 Å². The van der Waals surface area contributed by atoms with Gasteiger partial charge < -0.3 is 14.4 Å². The molecule has 2 heterocycles. The molecule has 0 saturated carbocycles. The van der Waals surface area contributed by atoms with Gasteiger partial charge in [-0.1, -0.05) is 23.2 Å². The van der Waals surface area contributed by atoms with Gasteiger partial charge in [-0.05, 0) is 38.8 Å².